The number of aryl methyl sites for hydroxylation is 1. The third-order valence-electron chi connectivity index (χ3n) is 3.73. The van der Waals surface area contributed by atoms with E-state index in [1.54, 1.807) is 0 Å². The quantitative estimate of drug-likeness (QED) is 0.501. The number of ether oxygens (including phenoxy) is 2. The van der Waals surface area contributed by atoms with Crippen LogP contribution in [-0.2, 0) is 22.9 Å². The molecule has 0 atom stereocenters. The molecule has 0 spiro atoms. The molecule has 21 heavy (non-hydrogen) atoms. The topological polar surface area (TPSA) is 22.3 Å². The Morgan fingerprint density at radius 1 is 1.00 bits per heavy atom. The van der Waals surface area contributed by atoms with E-state index in [4.69, 9.17) is 9.47 Å². The zero-order valence-electron chi connectivity index (χ0n) is 12.1. The minimum atomic E-state index is -0.123. The van der Waals surface area contributed by atoms with E-state index in [0.717, 1.165) is 19.6 Å². The molecule has 1 aromatic carbocycles. The summed E-state index contributed by atoms with van der Waals surface area (Å²) in [4.78, 5) is 0. The van der Waals surface area contributed by atoms with Gasteiger partial charge in [-0.2, -0.15) is 0 Å². The summed E-state index contributed by atoms with van der Waals surface area (Å²) in [5.74, 6) is 0.313. The van der Waals surface area contributed by atoms with E-state index in [-0.39, 0.29) is 30.3 Å². The minimum Gasteiger partial charge on any atom is -1.00 e. The van der Waals surface area contributed by atoms with Crippen LogP contribution in [0.15, 0.2) is 54.7 Å². The highest BCUT2D eigenvalue weighted by molar-refractivity contribution is 5.15. The van der Waals surface area contributed by atoms with Gasteiger partial charge in [0.1, 0.15) is 7.05 Å². The van der Waals surface area contributed by atoms with Crippen molar-refractivity contribution in [3.8, 4) is 0 Å². The Bertz CT molecular complexity index is 554. The molecule has 1 aliphatic rings. The van der Waals surface area contributed by atoms with Gasteiger partial charge in [0.2, 0.25) is 0 Å². The van der Waals surface area contributed by atoms with Gasteiger partial charge in [0.25, 0.3) is 0 Å². The van der Waals surface area contributed by atoms with E-state index >= 15 is 0 Å². The average Bonchev–Trinajstić information content (AvgIpc) is 2.50. The maximum atomic E-state index is 5.87. The molecule has 0 aliphatic carbocycles. The standard InChI is InChI=1S/C17H20NO2.HI/c1-18-10-6-5-9-16(18)15-12-19-17(20-13-15)11-14-7-3-2-4-8-14;/h2-10,15,17H,11-13H2,1H3;1H/q+1;/p-1. The average molecular weight is 397 g/mol. The molecule has 3 rings (SSSR count). The number of aromatic nitrogens is 1. The summed E-state index contributed by atoms with van der Waals surface area (Å²) in [5.41, 5.74) is 2.51. The van der Waals surface area contributed by atoms with Gasteiger partial charge < -0.3 is 33.5 Å². The Morgan fingerprint density at radius 2 is 1.67 bits per heavy atom. The van der Waals surface area contributed by atoms with Gasteiger partial charge in [0, 0.05) is 18.6 Å². The monoisotopic (exact) mass is 397 g/mol. The van der Waals surface area contributed by atoms with Gasteiger partial charge in [-0.3, -0.25) is 0 Å². The normalized spacial score (nSPS) is 21.6. The van der Waals surface area contributed by atoms with Gasteiger partial charge in [-0.25, -0.2) is 4.57 Å². The van der Waals surface area contributed by atoms with E-state index in [1.165, 1.54) is 11.3 Å². The molecule has 0 N–H and O–H groups in total. The molecule has 1 fully saturated rings. The molecule has 0 unspecified atom stereocenters. The Balaban J connectivity index is 0.00000161. The maximum absolute atomic E-state index is 5.87. The fourth-order valence-electron chi connectivity index (χ4n) is 2.60. The van der Waals surface area contributed by atoms with Crippen LogP contribution in [-0.4, -0.2) is 19.5 Å². The highest BCUT2D eigenvalue weighted by Gasteiger charge is 2.28. The summed E-state index contributed by atoms with van der Waals surface area (Å²) < 4.78 is 13.9. The van der Waals surface area contributed by atoms with E-state index in [9.17, 15) is 0 Å². The van der Waals surface area contributed by atoms with Crippen molar-refractivity contribution in [3.05, 3.63) is 66.0 Å². The summed E-state index contributed by atoms with van der Waals surface area (Å²) in [6, 6.07) is 16.6. The number of pyridine rings is 1. The Morgan fingerprint density at radius 3 is 2.33 bits per heavy atom. The van der Waals surface area contributed by atoms with Crippen molar-refractivity contribution in [2.45, 2.75) is 18.6 Å². The van der Waals surface area contributed by atoms with Crippen LogP contribution in [0.2, 0.25) is 0 Å². The van der Waals surface area contributed by atoms with E-state index in [2.05, 4.69) is 42.1 Å². The van der Waals surface area contributed by atoms with Crippen LogP contribution >= 0.6 is 0 Å². The maximum Gasteiger partial charge on any atom is 0.188 e. The van der Waals surface area contributed by atoms with Crippen molar-refractivity contribution in [3.63, 3.8) is 0 Å². The first kappa shape index (κ1) is 16.4. The van der Waals surface area contributed by atoms with Crippen LogP contribution in [0.4, 0.5) is 0 Å². The molecule has 0 bridgehead atoms. The highest BCUT2D eigenvalue weighted by Crippen LogP contribution is 2.21. The van der Waals surface area contributed by atoms with Crippen LogP contribution in [0.3, 0.4) is 0 Å². The number of rotatable bonds is 3. The smallest absolute Gasteiger partial charge is 0.188 e. The summed E-state index contributed by atoms with van der Waals surface area (Å²) >= 11 is 0. The van der Waals surface area contributed by atoms with Gasteiger partial charge in [-0.05, 0) is 5.56 Å². The fraction of sp³-hybridized carbons (Fsp3) is 0.353. The predicted molar refractivity (Wildman–Crippen MR) is 76.2 cm³/mol. The Hall–Kier alpha value is -0.980. The molecule has 0 amide bonds. The van der Waals surface area contributed by atoms with Crippen molar-refractivity contribution >= 4 is 0 Å². The second-order valence-corrected chi connectivity index (χ2v) is 5.22. The summed E-state index contributed by atoms with van der Waals surface area (Å²) in [6.07, 6.45) is 2.75. The summed E-state index contributed by atoms with van der Waals surface area (Å²) in [6.45, 7) is 1.44. The van der Waals surface area contributed by atoms with Gasteiger partial charge >= 0.3 is 0 Å². The zero-order chi connectivity index (χ0) is 13.8. The molecule has 1 saturated heterocycles. The van der Waals surface area contributed by atoms with Gasteiger partial charge in [-0.15, -0.1) is 0 Å². The minimum absolute atomic E-state index is 0. The van der Waals surface area contributed by atoms with E-state index in [1.807, 2.05) is 24.3 Å². The molecular formula is C17H20INO2. The van der Waals surface area contributed by atoms with Gasteiger partial charge in [0.15, 0.2) is 18.2 Å². The Kier molecular flexibility index (Phi) is 6.14. The van der Waals surface area contributed by atoms with Crippen LogP contribution in [0, 0.1) is 0 Å². The van der Waals surface area contributed by atoms with Crippen molar-refractivity contribution in [1.82, 2.24) is 0 Å². The molecule has 0 radical (unpaired) electrons. The summed E-state index contributed by atoms with van der Waals surface area (Å²) in [7, 11) is 2.06. The van der Waals surface area contributed by atoms with Crippen LogP contribution in [0.5, 0.6) is 0 Å². The lowest BCUT2D eigenvalue weighted by molar-refractivity contribution is -0.681. The third kappa shape index (κ3) is 4.25. The number of nitrogens with zero attached hydrogens (tertiary/aromatic N) is 1. The lowest BCUT2D eigenvalue weighted by atomic mass is 10.1. The predicted octanol–water partition coefficient (Wildman–Crippen LogP) is -0.786. The van der Waals surface area contributed by atoms with E-state index < -0.39 is 0 Å². The first-order chi connectivity index (χ1) is 9.83. The number of hydrogen-bond donors (Lipinski definition) is 0. The molecule has 0 saturated carbocycles. The van der Waals surface area contributed by atoms with Crippen molar-refractivity contribution < 1.29 is 38.0 Å². The molecule has 4 heteroatoms. The molecule has 1 aliphatic heterocycles. The van der Waals surface area contributed by atoms with Gasteiger partial charge in [-0.1, -0.05) is 36.4 Å². The van der Waals surface area contributed by atoms with Crippen molar-refractivity contribution in [1.29, 1.82) is 0 Å². The molecule has 2 aromatic rings. The Labute approximate surface area is 142 Å². The largest absolute Gasteiger partial charge is 1.00 e. The summed E-state index contributed by atoms with van der Waals surface area (Å²) in [5, 5.41) is 0. The number of benzene rings is 1. The SMILES string of the molecule is C[n+]1ccccc1C1COC(Cc2ccccc2)OC1.[I-]. The lowest BCUT2D eigenvalue weighted by Gasteiger charge is -2.28. The molecular weight excluding hydrogens is 377 g/mol. The lowest BCUT2D eigenvalue weighted by Crippen LogP contribution is -3.00. The first-order valence-electron chi connectivity index (χ1n) is 7.04. The number of hydrogen-bond acceptors (Lipinski definition) is 2. The molecule has 1 aromatic heterocycles. The van der Waals surface area contributed by atoms with Crippen molar-refractivity contribution in [2.75, 3.05) is 13.2 Å². The van der Waals surface area contributed by atoms with Crippen LogP contribution in [0.25, 0.3) is 0 Å². The van der Waals surface area contributed by atoms with Crippen LogP contribution < -0.4 is 28.5 Å². The molecule has 3 nitrogen and oxygen atoms in total. The second-order valence-electron chi connectivity index (χ2n) is 5.22. The van der Waals surface area contributed by atoms with Gasteiger partial charge in [0.05, 0.1) is 19.1 Å². The third-order valence-corrected chi connectivity index (χ3v) is 3.73. The van der Waals surface area contributed by atoms with Crippen molar-refractivity contribution in [2.24, 2.45) is 7.05 Å². The molecule has 112 valence electrons. The van der Waals surface area contributed by atoms with Crippen LogP contribution in [0.1, 0.15) is 17.2 Å². The molecule has 2 heterocycles. The zero-order valence-corrected chi connectivity index (χ0v) is 14.3. The van der Waals surface area contributed by atoms with E-state index in [0.29, 0.717) is 5.92 Å². The first-order valence-corrected chi connectivity index (χ1v) is 7.04. The highest BCUT2D eigenvalue weighted by atomic mass is 127. The second kappa shape index (κ2) is 7.87. The fourth-order valence-corrected chi connectivity index (χ4v) is 2.60. The number of halogens is 1.